The van der Waals surface area contributed by atoms with Gasteiger partial charge < -0.3 is 14.4 Å². The van der Waals surface area contributed by atoms with Crippen LogP contribution in [0.3, 0.4) is 0 Å². The van der Waals surface area contributed by atoms with Crippen molar-refractivity contribution in [2.45, 2.75) is 32.1 Å². The molecular formula is C17H23N5O3. The number of carbonyl (C=O) groups excluding carboxylic acids is 1. The van der Waals surface area contributed by atoms with Gasteiger partial charge in [0, 0.05) is 26.4 Å². The minimum Gasteiger partial charge on any atom is -0.382 e. The number of morpholine rings is 1. The van der Waals surface area contributed by atoms with Crippen LogP contribution >= 0.6 is 0 Å². The van der Waals surface area contributed by atoms with E-state index in [-0.39, 0.29) is 12.0 Å². The van der Waals surface area contributed by atoms with Crippen LogP contribution in [0.2, 0.25) is 0 Å². The molecule has 2 aromatic heterocycles. The van der Waals surface area contributed by atoms with Gasteiger partial charge in [0.1, 0.15) is 0 Å². The SMILES string of the molecule is COCC1CN(C(=O)c2cn(Cc3ccccn3)nn2)CC(C)(C)O1. The number of carbonyl (C=O) groups is 1. The summed E-state index contributed by atoms with van der Waals surface area (Å²) in [5.74, 6) is -0.148. The van der Waals surface area contributed by atoms with E-state index >= 15 is 0 Å². The molecule has 2 aromatic rings. The molecule has 0 radical (unpaired) electrons. The predicted molar refractivity (Wildman–Crippen MR) is 90.1 cm³/mol. The Bertz CT molecular complexity index is 716. The second-order valence-electron chi connectivity index (χ2n) is 6.76. The summed E-state index contributed by atoms with van der Waals surface area (Å²) in [6.45, 7) is 5.82. The Balaban J connectivity index is 1.70. The van der Waals surface area contributed by atoms with Crippen LogP contribution < -0.4 is 0 Å². The van der Waals surface area contributed by atoms with Crippen LogP contribution in [0.1, 0.15) is 30.0 Å². The Morgan fingerprint density at radius 1 is 1.44 bits per heavy atom. The lowest BCUT2D eigenvalue weighted by atomic mass is 10.0. The van der Waals surface area contributed by atoms with E-state index in [1.807, 2.05) is 32.0 Å². The minimum absolute atomic E-state index is 0.148. The van der Waals surface area contributed by atoms with Gasteiger partial charge in [-0.05, 0) is 26.0 Å². The fraction of sp³-hybridized carbons (Fsp3) is 0.529. The molecule has 1 atom stereocenters. The average Bonchev–Trinajstić information content (AvgIpc) is 3.02. The quantitative estimate of drug-likeness (QED) is 0.804. The lowest BCUT2D eigenvalue weighted by Crippen LogP contribution is -2.55. The van der Waals surface area contributed by atoms with E-state index < -0.39 is 5.60 Å². The van der Waals surface area contributed by atoms with Gasteiger partial charge in [0.15, 0.2) is 5.69 Å². The van der Waals surface area contributed by atoms with Crippen molar-refractivity contribution < 1.29 is 14.3 Å². The standard InChI is InChI=1S/C17H23N5O3/c1-17(2)12-21(9-14(25-17)11-24-3)16(23)15-10-22(20-19-15)8-13-6-4-5-7-18-13/h4-7,10,14H,8-9,11-12H2,1-3H3. The maximum absolute atomic E-state index is 12.8. The van der Waals surface area contributed by atoms with Gasteiger partial charge in [0.05, 0.1) is 36.7 Å². The molecule has 25 heavy (non-hydrogen) atoms. The zero-order chi connectivity index (χ0) is 17.9. The topological polar surface area (TPSA) is 82.4 Å². The van der Waals surface area contributed by atoms with E-state index in [1.54, 1.807) is 29.1 Å². The van der Waals surface area contributed by atoms with Crippen LogP contribution in [0.15, 0.2) is 30.6 Å². The number of methoxy groups -OCH3 is 1. The maximum atomic E-state index is 12.8. The first-order chi connectivity index (χ1) is 12.0. The molecule has 0 bridgehead atoms. The first-order valence-electron chi connectivity index (χ1n) is 8.23. The van der Waals surface area contributed by atoms with Crippen molar-refractivity contribution in [1.29, 1.82) is 0 Å². The molecule has 8 nitrogen and oxygen atoms in total. The van der Waals surface area contributed by atoms with Crippen molar-refractivity contribution in [3.63, 3.8) is 0 Å². The van der Waals surface area contributed by atoms with E-state index in [0.717, 1.165) is 5.69 Å². The van der Waals surface area contributed by atoms with Crippen LogP contribution in [0.4, 0.5) is 0 Å². The van der Waals surface area contributed by atoms with E-state index in [1.165, 1.54) is 0 Å². The summed E-state index contributed by atoms with van der Waals surface area (Å²) in [5, 5.41) is 8.07. The summed E-state index contributed by atoms with van der Waals surface area (Å²) in [6, 6.07) is 5.68. The third kappa shape index (κ3) is 4.40. The van der Waals surface area contributed by atoms with Gasteiger partial charge >= 0.3 is 0 Å². The summed E-state index contributed by atoms with van der Waals surface area (Å²) >= 11 is 0. The van der Waals surface area contributed by atoms with Gasteiger partial charge in [-0.1, -0.05) is 11.3 Å². The highest BCUT2D eigenvalue weighted by molar-refractivity contribution is 5.92. The zero-order valence-corrected chi connectivity index (χ0v) is 14.8. The predicted octanol–water partition coefficient (Wildman–Crippen LogP) is 0.987. The molecule has 3 rings (SSSR count). The highest BCUT2D eigenvalue weighted by atomic mass is 16.5. The molecule has 0 aliphatic carbocycles. The molecule has 134 valence electrons. The molecule has 1 fully saturated rings. The number of ether oxygens (including phenoxy) is 2. The van der Waals surface area contributed by atoms with Crippen molar-refractivity contribution in [1.82, 2.24) is 24.9 Å². The highest BCUT2D eigenvalue weighted by Crippen LogP contribution is 2.22. The molecule has 0 N–H and O–H groups in total. The van der Waals surface area contributed by atoms with Crippen molar-refractivity contribution in [2.75, 3.05) is 26.8 Å². The van der Waals surface area contributed by atoms with Gasteiger partial charge in [-0.25, -0.2) is 4.68 Å². The van der Waals surface area contributed by atoms with Crippen molar-refractivity contribution in [2.24, 2.45) is 0 Å². The lowest BCUT2D eigenvalue weighted by Gasteiger charge is -2.42. The van der Waals surface area contributed by atoms with Crippen LogP contribution in [0.25, 0.3) is 0 Å². The number of aromatic nitrogens is 4. The van der Waals surface area contributed by atoms with Crippen LogP contribution in [0, 0.1) is 0 Å². The van der Waals surface area contributed by atoms with Crippen LogP contribution in [-0.2, 0) is 16.0 Å². The molecule has 0 aromatic carbocycles. The van der Waals surface area contributed by atoms with Crippen molar-refractivity contribution in [3.05, 3.63) is 42.0 Å². The summed E-state index contributed by atoms with van der Waals surface area (Å²) in [5.41, 5.74) is 0.755. The van der Waals surface area contributed by atoms with Gasteiger partial charge in [-0.15, -0.1) is 5.10 Å². The number of pyridine rings is 1. The van der Waals surface area contributed by atoms with Gasteiger partial charge in [0.2, 0.25) is 0 Å². The highest BCUT2D eigenvalue weighted by Gasteiger charge is 2.36. The Labute approximate surface area is 146 Å². The molecule has 0 saturated carbocycles. The molecular weight excluding hydrogens is 322 g/mol. The minimum atomic E-state index is -0.430. The van der Waals surface area contributed by atoms with Crippen LogP contribution in [0.5, 0.6) is 0 Å². The zero-order valence-electron chi connectivity index (χ0n) is 14.8. The second-order valence-corrected chi connectivity index (χ2v) is 6.76. The maximum Gasteiger partial charge on any atom is 0.276 e. The molecule has 1 unspecified atom stereocenters. The van der Waals surface area contributed by atoms with E-state index in [4.69, 9.17) is 9.47 Å². The largest absolute Gasteiger partial charge is 0.382 e. The van der Waals surface area contributed by atoms with Crippen LogP contribution in [-0.4, -0.2) is 69.3 Å². The smallest absolute Gasteiger partial charge is 0.276 e. The summed E-state index contributed by atoms with van der Waals surface area (Å²) in [4.78, 5) is 18.8. The molecule has 3 heterocycles. The molecule has 1 aliphatic heterocycles. The van der Waals surface area contributed by atoms with Gasteiger partial charge in [0.25, 0.3) is 5.91 Å². The number of hydrogen-bond donors (Lipinski definition) is 0. The molecule has 1 saturated heterocycles. The number of amides is 1. The Kier molecular flexibility index (Phi) is 5.10. The van der Waals surface area contributed by atoms with E-state index in [0.29, 0.717) is 31.9 Å². The number of hydrogen-bond acceptors (Lipinski definition) is 6. The summed E-state index contributed by atoms with van der Waals surface area (Å²) < 4.78 is 12.7. The lowest BCUT2D eigenvalue weighted by molar-refractivity contribution is -0.143. The Hall–Kier alpha value is -2.32. The third-order valence-electron chi connectivity index (χ3n) is 3.93. The summed E-state index contributed by atoms with van der Waals surface area (Å²) in [7, 11) is 1.63. The molecule has 1 amide bonds. The second kappa shape index (κ2) is 7.28. The Morgan fingerprint density at radius 2 is 2.28 bits per heavy atom. The molecule has 0 spiro atoms. The van der Waals surface area contributed by atoms with Gasteiger partial charge in [-0.2, -0.15) is 0 Å². The summed E-state index contributed by atoms with van der Waals surface area (Å²) in [6.07, 6.45) is 3.23. The third-order valence-corrected chi connectivity index (χ3v) is 3.93. The fourth-order valence-electron chi connectivity index (χ4n) is 3.02. The fourth-order valence-corrected chi connectivity index (χ4v) is 3.02. The van der Waals surface area contributed by atoms with E-state index in [2.05, 4.69) is 15.3 Å². The first kappa shape index (κ1) is 17.5. The monoisotopic (exact) mass is 345 g/mol. The molecule has 1 aliphatic rings. The van der Waals surface area contributed by atoms with E-state index in [9.17, 15) is 4.79 Å². The number of nitrogens with zero attached hydrogens (tertiary/aromatic N) is 5. The number of rotatable bonds is 5. The Morgan fingerprint density at radius 3 is 3.00 bits per heavy atom. The molecule has 8 heteroatoms. The van der Waals surface area contributed by atoms with Crippen molar-refractivity contribution in [3.8, 4) is 0 Å². The van der Waals surface area contributed by atoms with Gasteiger partial charge in [-0.3, -0.25) is 9.78 Å². The van der Waals surface area contributed by atoms with Crippen molar-refractivity contribution >= 4 is 5.91 Å². The normalized spacial score (nSPS) is 19.8. The average molecular weight is 345 g/mol. The first-order valence-corrected chi connectivity index (χ1v) is 8.23.